The van der Waals surface area contributed by atoms with Gasteiger partial charge in [-0.2, -0.15) is 0 Å². The van der Waals surface area contributed by atoms with Crippen LogP contribution in [0.2, 0.25) is 0 Å². The van der Waals surface area contributed by atoms with E-state index in [2.05, 4.69) is 14.9 Å². The van der Waals surface area contributed by atoms with Gasteiger partial charge in [-0.05, 0) is 18.6 Å². The highest BCUT2D eigenvalue weighted by Gasteiger charge is 2.06. The number of para-hydroxylation sites is 1. The van der Waals surface area contributed by atoms with Crippen LogP contribution < -0.4 is 10.1 Å². The zero-order valence-corrected chi connectivity index (χ0v) is 14.0. The van der Waals surface area contributed by atoms with E-state index in [0.29, 0.717) is 12.3 Å². The largest absolute Gasteiger partial charge is 0.484 e. The Morgan fingerprint density at radius 1 is 1.04 bits per heavy atom. The first-order valence-electron chi connectivity index (χ1n) is 8.34. The van der Waals surface area contributed by atoms with Crippen LogP contribution in [0, 0.1) is 0 Å². The molecule has 0 fully saturated rings. The van der Waals surface area contributed by atoms with E-state index in [9.17, 15) is 4.79 Å². The first-order chi connectivity index (χ1) is 12.3. The molecule has 2 aromatic carbocycles. The lowest BCUT2D eigenvalue weighted by Crippen LogP contribution is -2.30. The second kappa shape index (κ2) is 8.68. The number of ether oxygens (including phenoxy) is 1. The zero-order chi connectivity index (χ0) is 17.3. The molecule has 0 spiro atoms. The van der Waals surface area contributed by atoms with E-state index in [-0.39, 0.29) is 12.5 Å². The van der Waals surface area contributed by atoms with Crippen LogP contribution in [0.4, 0.5) is 0 Å². The minimum absolute atomic E-state index is 0.0321. The van der Waals surface area contributed by atoms with Crippen LogP contribution in [-0.2, 0) is 11.3 Å². The van der Waals surface area contributed by atoms with Crippen LogP contribution in [-0.4, -0.2) is 28.6 Å². The summed E-state index contributed by atoms with van der Waals surface area (Å²) in [5.41, 5.74) is 1.09. The van der Waals surface area contributed by atoms with Crippen LogP contribution >= 0.6 is 0 Å². The number of amides is 1. The van der Waals surface area contributed by atoms with Crippen molar-refractivity contribution in [1.82, 2.24) is 14.9 Å². The van der Waals surface area contributed by atoms with Gasteiger partial charge in [0.05, 0.1) is 0 Å². The van der Waals surface area contributed by atoms with Crippen LogP contribution in [0.5, 0.6) is 5.75 Å². The number of carbonyl (C=O) groups excluding carboxylic acids is 1. The highest BCUT2D eigenvalue weighted by molar-refractivity contribution is 5.77. The summed E-state index contributed by atoms with van der Waals surface area (Å²) in [6, 6.07) is 19.4. The van der Waals surface area contributed by atoms with E-state index in [1.807, 2.05) is 66.9 Å². The molecule has 25 heavy (non-hydrogen) atoms. The van der Waals surface area contributed by atoms with E-state index < -0.39 is 0 Å². The smallest absolute Gasteiger partial charge is 0.257 e. The molecular formula is C20H21N3O2. The van der Waals surface area contributed by atoms with E-state index in [4.69, 9.17) is 4.74 Å². The summed E-state index contributed by atoms with van der Waals surface area (Å²) >= 11 is 0. The molecule has 0 aliphatic carbocycles. The number of benzene rings is 2. The van der Waals surface area contributed by atoms with Gasteiger partial charge in [-0.15, -0.1) is 0 Å². The molecule has 3 aromatic rings. The standard InChI is InChI=1S/C20H21N3O2/c24-19(16-25-18-10-5-2-6-11-18)21-12-7-14-23-15-13-22-20(23)17-8-3-1-4-9-17/h1-6,8-11,13,15H,7,12,14,16H2,(H,21,24). The van der Waals surface area contributed by atoms with Crippen molar-refractivity contribution < 1.29 is 9.53 Å². The molecule has 0 saturated heterocycles. The Bertz CT molecular complexity index is 785. The molecule has 1 N–H and O–H groups in total. The monoisotopic (exact) mass is 335 g/mol. The van der Waals surface area contributed by atoms with Gasteiger partial charge in [-0.3, -0.25) is 4.79 Å². The highest BCUT2D eigenvalue weighted by Crippen LogP contribution is 2.16. The summed E-state index contributed by atoms with van der Waals surface area (Å²) in [4.78, 5) is 16.2. The number of aromatic nitrogens is 2. The fourth-order valence-corrected chi connectivity index (χ4v) is 2.53. The van der Waals surface area contributed by atoms with Gasteiger partial charge in [0.1, 0.15) is 11.6 Å². The normalized spacial score (nSPS) is 10.4. The van der Waals surface area contributed by atoms with Crippen LogP contribution in [0.3, 0.4) is 0 Å². The van der Waals surface area contributed by atoms with Crippen molar-refractivity contribution in [3.05, 3.63) is 73.1 Å². The van der Waals surface area contributed by atoms with Crippen LogP contribution in [0.15, 0.2) is 73.1 Å². The lowest BCUT2D eigenvalue weighted by atomic mass is 10.2. The molecule has 1 amide bonds. The highest BCUT2D eigenvalue weighted by atomic mass is 16.5. The average Bonchev–Trinajstić information content (AvgIpc) is 3.14. The molecule has 5 nitrogen and oxygen atoms in total. The van der Waals surface area contributed by atoms with Crippen LogP contribution in [0.1, 0.15) is 6.42 Å². The molecule has 1 aromatic heterocycles. The van der Waals surface area contributed by atoms with Gasteiger partial charge in [0.2, 0.25) is 0 Å². The Kier molecular flexibility index (Phi) is 5.82. The van der Waals surface area contributed by atoms with Crippen molar-refractivity contribution >= 4 is 5.91 Å². The third kappa shape index (κ3) is 4.94. The van der Waals surface area contributed by atoms with Crippen molar-refractivity contribution in [1.29, 1.82) is 0 Å². The number of hydrogen-bond acceptors (Lipinski definition) is 3. The fraction of sp³-hybridized carbons (Fsp3) is 0.200. The van der Waals surface area contributed by atoms with Crippen LogP contribution in [0.25, 0.3) is 11.4 Å². The van der Waals surface area contributed by atoms with Crippen molar-refractivity contribution in [2.45, 2.75) is 13.0 Å². The number of hydrogen-bond donors (Lipinski definition) is 1. The third-order valence-electron chi connectivity index (χ3n) is 3.76. The summed E-state index contributed by atoms with van der Waals surface area (Å²) in [7, 11) is 0. The molecular weight excluding hydrogens is 314 g/mol. The number of imidazole rings is 1. The van der Waals surface area contributed by atoms with E-state index >= 15 is 0 Å². The SMILES string of the molecule is O=C(COc1ccccc1)NCCCn1ccnc1-c1ccccc1. The number of nitrogens with zero attached hydrogens (tertiary/aromatic N) is 2. The predicted octanol–water partition coefficient (Wildman–Crippen LogP) is 3.14. The summed E-state index contributed by atoms with van der Waals surface area (Å²) in [6.07, 6.45) is 4.59. The van der Waals surface area contributed by atoms with E-state index in [1.54, 1.807) is 6.20 Å². The van der Waals surface area contributed by atoms with Gasteiger partial charge in [0, 0.05) is 31.0 Å². The molecule has 0 radical (unpaired) electrons. The Morgan fingerprint density at radius 3 is 2.52 bits per heavy atom. The van der Waals surface area contributed by atoms with Gasteiger partial charge >= 0.3 is 0 Å². The lowest BCUT2D eigenvalue weighted by Gasteiger charge is -2.09. The maximum atomic E-state index is 11.8. The second-order valence-corrected chi connectivity index (χ2v) is 5.62. The van der Waals surface area contributed by atoms with Gasteiger partial charge in [-0.1, -0.05) is 48.5 Å². The summed E-state index contributed by atoms with van der Waals surface area (Å²) in [5, 5.41) is 2.88. The molecule has 0 unspecified atom stereocenters. The molecule has 128 valence electrons. The van der Waals surface area contributed by atoms with E-state index in [1.165, 1.54) is 0 Å². The van der Waals surface area contributed by atoms with Crippen molar-refractivity contribution in [3.63, 3.8) is 0 Å². The van der Waals surface area contributed by atoms with Crippen molar-refractivity contribution in [2.24, 2.45) is 0 Å². The molecule has 0 aliphatic rings. The molecule has 1 heterocycles. The van der Waals surface area contributed by atoms with Gasteiger partial charge in [-0.25, -0.2) is 4.98 Å². The summed E-state index contributed by atoms with van der Waals surface area (Å²) < 4.78 is 7.52. The van der Waals surface area contributed by atoms with Gasteiger partial charge < -0.3 is 14.6 Å². The molecule has 3 rings (SSSR count). The fourth-order valence-electron chi connectivity index (χ4n) is 2.53. The Balaban J connectivity index is 1.40. The first-order valence-corrected chi connectivity index (χ1v) is 8.34. The van der Waals surface area contributed by atoms with Crippen molar-refractivity contribution in [2.75, 3.05) is 13.2 Å². The summed E-state index contributed by atoms with van der Waals surface area (Å²) in [5.74, 6) is 1.53. The predicted molar refractivity (Wildman–Crippen MR) is 97.2 cm³/mol. The summed E-state index contributed by atoms with van der Waals surface area (Å²) in [6.45, 7) is 1.43. The number of carbonyl (C=O) groups is 1. The molecule has 5 heteroatoms. The Hall–Kier alpha value is -3.08. The number of nitrogens with one attached hydrogen (secondary N) is 1. The maximum absolute atomic E-state index is 11.8. The third-order valence-corrected chi connectivity index (χ3v) is 3.76. The van der Waals surface area contributed by atoms with E-state index in [0.717, 1.165) is 24.4 Å². The van der Waals surface area contributed by atoms with Crippen molar-refractivity contribution in [3.8, 4) is 17.1 Å². The Labute approximate surface area is 147 Å². The zero-order valence-electron chi connectivity index (χ0n) is 14.0. The molecule has 0 aliphatic heterocycles. The lowest BCUT2D eigenvalue weighted by molar-refractivity contribution is -0.123. The topological polar surface area (TPSA) is 56.1 Å². The minimum Gasteiger partial charge on any atom is -0.484 e. The molecule has 0 bridgehead atoms. The molecule has 0 atom stereocenters. The first kappa shape index (κ1) is 16.8. The van der Waals surface area contributed by atoms with Gasteiger partial charge in [0.15, 0.2) is 6.61 Å². The maximum Gasteiger partial charge on any atom is 0.257 e. The van der Waals surface area contributed by atoms with Gasteiger partial charge in [0.25, 0.3) is 5.91 Å². The second-order valence-electron chi connectivity index (χ2n) is 5.62. The number of rotatable bonds is 8. The quantitative estimate of drug-likeness (QED) is 0.644. The Morgan fingerprint density at radius 2 is 1.76 bits per heavy atom. The molecule has 0 saturated carbocycles. The number of aryl methyl sites for hydroxylation is 1. The average molecular weight is 335 g/mol. The minimum atomic E-state index is -0.113.